The molecule has 0 fully saturated rings. The first-order valence-electron chi connectivity index (χ1n) is 7.37. The van der Waals surface area contributed by atoms with E-state index in [1.165, 1.54) is 16.1 Å². The quantitative estimate of drug-likeness (QED) is 0.879. The van der Waals surface area contributed by atoms with Crippen LogP contribution in [-0.4, -0.2) is 40.5 Å². The first kappa shape index (κ1) is 18.6. The zero-order valence-corrected chi connectivity index (χ0v) is 15.2. The Morgan fingerprint density at radius 3 is 2.83 bits per heavy atom. The second kappa shape index (κ2) is 7.42. The van der Waals surface area contributed by atoms with Crippen molar-refractivity contribution in [3.63, 3.8) is 0 Å². The van der Waals surface area contributed by atoms with Crippen LogP contribution in [0.4, 0.5) is 5.82 Å². The van der Waals surface area contributed by atoms with Crippen molar-refractivity contribution in [2.45, 2.75) is 26.4 Å². The molecule has 0 saturated carbocycles. The number of pyridine rings is 1. The molecule has 3 rings (SSSR count). The van der Waals surface area contributed by atoms with E-state index in [-0.39, 0.29) is 12.4 Å². The van der Waals surface area contributed by atoms with Crippen molar-refractivity contribution >= 4 is 28.2 Å². The van der Waals surface area contributed by atoms with Crippen molar-refractivity contribution < 1.29 is 8.42 Å². The van der Waals surface area contributed by atoms with Crippen molar-refractivity contribution in [2.24, 2.45) is 0 Å². The minimum atomic E-state index is -3.17. The van der Waals surface area contributed by atoms with Crippen LogP contribution in [0.2, 0.25) is 0 Å². The van der Waals surface area contributed by atoms with E-state index in [9.17, 15) is 8.42 Å². The zero-order chi connectivity index (χ0) is 16.4. The SMILES string of the molecule is Cc1nccc(NCc2cncc3c2CCN(S(C)(=O)=O)C3)n1.Cl. The highest BCUT2D eigenvalue weighted by atomic mass is 35.5. The number of halogens is 1. The summed E-state index contributed by atoms with van der Waals surface area (Å²) in [5.74, 6) is 1.48. The molecule has 2 aromatic rings. The molecule has 0 saturated heterocycles. The smallest absolute Gasteiger partial charge is 0.211 e. The maximum Gasteiger partial charge on any atom is 0.211 e. The molecule has 0 spiro atoms. The third-order valence-corrected chi connectivity index (χ3v) is 5.15. The van der Waals surface area contributed by atoms with Crippen molar-refractivity contribution in [1.82, 2.24) is 19.3 Å². The summed E-state index contributed by atoms with van der Waals surface area (Å²) in [5.41, 5.74) is 3.23. The van der Waals surface area contributed by atoms with Crippen molar-refractivity contribution in [2.75, 3.05) is 18.1 Å². The Hall–Kier alpha value is -1.77. The van der Waals surface area contributed by atoms with Gasteiger partial charge in [-0.2, -0.15) is 4.31 Å². The van der Waals surface area contributed by atoms with E-state index in [4.69, 9.17) is 0 Å². The lowest BCUT2D eigenvalue weighted by Crippen LogP contribution is -2.35. The fourth-order valence-corrected chi connectivity index (χ4v) is 3.51. The van der Waals surface area contributed by atoms with E-state index < -0.39 is 10.0 Å². The van der Waals surface area contributed by atoms with E-state index in [2.05, 4.69) is 20.3 Å². The molecular weight excluding hydrogens is 350 g/mol. The molecule has 0 unspecified atom stereocenters. The Balaban J connectivity index is 0.00000208. The van der Waals surface area contributed by atoms with Gasteiger partial charge in [0.1, 0.15) is 11.6 Å². The lowest BCUT2D eigenvalue weighted by atomic mass is 9.98. The molecule has 0 bridgehead atoms. The molecule has 0 aromatic carbocycles. The zero-order valence-electron chi connectivity index (χ0n) is 13.6. The Morgan fingerprint density at radius 1 is 1.33 bits per heavy atom. The second-order valence-corrected chi connectivity index (χ2v) is 7.61. The first-order chi connectivity index (χ1) is 10.9. The molecule has 0 aliphatic carbocycles. The van der Waals surface area contributed by atoms with E-state index >= 15 is 0 Å². The van der Waals surface area contributed by atoms with Crippen molar-refractivity contribution in [3.8, 4) is 0 Å². The first-order valence-corrected chi connectivity index (χ1v) is 9.21. The summed E-state index contributed by atoms with van der Waals surface area (Å²) in [4.78, 5) is 12.6. The summed E-state index contributed by atoms with van der Waals surface area (Å²) in [6.07, 6.45) is 7.24. The van der Waals surface area contributed by atoms with E-state index in [1.54, 1.807) is 12.4 Å². The fraction of sp³-hybridized carbons (Fsp3) is 0.400. The van der Waals surface area contributed by atoms with Gasteiger partial charge in [0.05, 0.1) is 6.26 Å². The molecule has 2 aromatic heterocycles. The van der Waals surface area contributed by atoms with Gasteiger partial charge in [-0.15, -0.1) is 12.4 Å². The van der Waals surface area contributed by atoms with Crippen LogP contribution in [0.5, 0.6) is 0 Å². The van der Waals surface area contributed by atoms with Crippen LogP contribution in [0.3, 0.4) is 0 Å². The molecular formula is C15H20ClN5O2S. The topological polar surface area (TPSA) is 88.1 Å². The molecule has 1 aliphatic rings. The summed E-state index contributed by atoms with van der Waals surface area (Å²) in [5, 5.41) is 3.27. The highest BCUT2D eigenvalue weighted by Crippen LogP contribution is 2.23. The molecule has 3 heterocycles. The summed E-state index contributed by atoms with van der Waals surface area (Å²) in [6.45, 7) is 3.35. The van der Waals surface area contributed by atoms with Gasteiger partial charge in [-0.05, 0) is 36.1 Å². The van der Waals surface area contributed by atoms with Crippen LogP contribution < -0.4 is 5.32 Å². The number of hydrogen-bond acceptors (Lipinski definition) is 6. The minimum absolute atomic E-state index is 0. The van der Waals surface area contributed by atoms with Crippen molar-refractivity contribution in [3.05, 3.63) is 47.2 Å². The molecule has 24 heavy (non-hydrogen) atoms. The summed E-state index contributed by atoms with van der Waals surface area (Å²) >= 11 is 0. The monoisotopic (exact) mass is 369 g/mol. The third kappa shape index (κ3) is 4.19. The molecule has 7 nitrogen and oxygen atoms in total. The number of rotatable bonds is 4. The number of nitrogens with zero attached hydrogens (tertiary/aromatic N) is 4. The molecule has 1 aliphatic heterocycles. The number of aryl methyl sites for hydroxylation is 1. The average Bonchev–Trinajstić information content (AvgIpc) is 2.51. The minimum Gasteiger partial charge on any atom is -0.366 e. The van der Waals surface area contributed by atoms with Crippen LogP contribution >= 0.6 is 12.4 Å². The van der Waals surface area contributed by atoms with Gasteiger partial charge in [0.25, 0.3) is 0 Å². The standard InChI is InChI=1S/C15H19N5O2S.ClH/c1-11-17-5-3-15(19-11)18-9-12-7-16-8-13-10-20(23(2,21)22)6-4-14(12)13;/h3,5,7-8H,4,6,9-10H2,1-2H3,(H,17,18,19);1H. The number of fused-ring (bicyclic) bond motifs is 1. The van der Waals surface area contributed by atoms with Gasteiger partial charge in [-0.3, -0.25) is 4.98 Å². The Kier molecular flexibility index (Phi) is 5.74. The Labute approximate surface area is 148 Å². The van der Waals surface area contributed by atoms with Crippen LogP contribution in [0.1, 0.15) is 22.5 Å². The maximum absolute atomic E-state index is 11.7. The highest BCUT2D eigenvalue weighted by molar-refractivity contribution is 7.88. The molecule has 1 N–H and O–H groups in total. The van der Waals surface area contributed by atoms with E-state index in [0.717, 1.165) is 16.9 Å². The van der Waals surface area contributed by atoms with Gasteiger partial charge in [-0.1, -0.05) is 0 Å². The Bertz CT molecular complexity index is 828. The van der Waals surface area contributed by atoms with Gasteiger partial charge in [0.2, 0.25) is 10.0 Å². The third-order valence-electron chi connectivity index (χ3n) is 3.90. The van der Waals surface area contributed by atoms with Crippen molar-refractivity contribution in [1.29, 1.82) is 0 Å². The summed E-state index contributed by atoms with van der Waals surface area (Å²) in [7, 11) is -3.17. The number of hydrogen-bond donors (Lipinski definition) is 1. The molecule has 0 atom stereocenters. The van der Waals surface area contributed by atoms with Gasteiger partial charge in [0, 0.05) is 38.2 Å². The lowest BCUT2D eigenvalue weighted by molar-refractivity contribution is 0.393. The largest absolute Gasteiger partial charge is 0.366 e. The predicted octanol–water partition coefficient (Wildman–Crippen LogP) is 1.53. The van der Waals surface area contributed by atoms with Gasteiger partial charge < -0.3 is 5.32 Å². The number of aromatic nitrogens is 3. The maximum atomic E-state index is 11.7. The predicted molar refractivity (Wildman–Crippen MR) is 94.5 cm³/mol. The summed E-state index contributed by atoms with van der Waals surface area (Å²) in [6, 6.07) is 1.82. The average molecular weight is 370 g/mol. The highest BCUT2D eigenvalue weighted by Gasteiger charge is 2.24. The second-order valence-electron chi connectivity index (χ2n) is 5.63. The van der Waals surface area contributed by atoms with Gasteiger partial charge >= 0.3 is 0 Å². The van der Waals surface area contributed by atoms with Crippen LogP contribution in [-0.2, 0) is 29.5 Å². The van der Waals surface area contributed by atoms with Crippen LogP contribution in [0.15, 0.2) is 24.7 Å². The molecule has 9 heteroatoms. The number of nitrogens with one attached hydrogen (secondary N) is 1. The summed E-state index contributed by atoms with van der Waals surface area (Å²) < 4.78 is 24.9. The molecule has 0 amide bonds. The van der Waals surface area contributed by atoms with E-state index in [1.807, 2.05) is 19.2 Å². The number of sulfonamides is 1. The van der Waals surface area contributed by atoms with Gasteiger partial charge in [0.15, 0.2) is 0 Å². The van der Waals surface area contributed by atoms with Crippen LogP contribution in [0.25, 0.3) is 0 Å². The van der Waals surface area contributed by atoms with E-state index in [0.29, 0.717) is 31.9 Å². The van der Waals surface area contributed by atoms with Gasteiger partial charge in [-0.25, -0.2) is 18.4 Å². The normalized spacial score (nSPS) is 14.6. The fourth-order valence-electron chi connectivity index (χ4n) is 2.72. The molecule has 130 valence electrons. The Morgan fingerprint density at radius 2 is 2.12 bits per heavy atom. The lowest BCUT2D eigenvalue weighted by Gasteiger charge is -2.28. The van der Waals surface area contributed by atoms with Crippen LogP contribution in [0, 0.1) is 6.92 Å². The molecule has 0 radical (unpaired) electrons. The number of anilines is 1.